The van der Waals surface area contributed by atoms with Gasteiger partial charge >= 0.3 is 0 Å². The van der Waals surface area contributed by atoms with Crippen LogP contribution in [0.25, 0.3) is 11.1 Å². The second-order valence-electron chi connectivity index (χ2n) is 3.04. The van der Waals surface area contributed by atoms with E-state index in [4.69, 9.17) is 4.74 Å². The Morgan fingerprint density at radius 1 is 1.00 bits per heavy atom. The molecule has 0 amide bonds. The van der Waals surface area contributed by atoms with Gasteiger partial charge in [0.25, 0.3) is 0 Å². The summed E-state index contributed by atoms with van der Waals surface area (Å²) in [4.78, 5) is 1.32. The topological polar surface area (TPSA) is 9.23 Å². The van der Waals surface area contributed by atoms with Crippen LogP contribution in [0.4, 0.5) is 0 Å². The molecule has 0 saturated carbocycles. The van der Waals surface area contributed by atoms with Crippen molar-refractivity contribution in [3.05, 3.63) is 36.4 Å². The predicted molar refractivity (Wildman–Crippen MR) is 61.4 cm³/mol. The normalized spacial score (nSPS) is 10.4. The Labute approximate surface area is 88.4 Å². The first-order chi connectivity index (χ1) is 6.85. The minimum atomic E-state index is 0.897. The summed E-state index contributed by atoms with van der Waals surface area (Å²) >= 11 is 1.77. The molecule has 0 fully saturated rings. The fraction of sp³-hybridized carbons (Fsp3) is 0.167. The average Bonchev–Trinajstić information content (AvgIpc) is 2.50. The monoisotopic (exact) mass is 204 g/mol. The van der Waals surface area contributed by atoms with Crippen molar-refractivity contribution in [1.82, 2.24) is 0 Å². The first kappa shape index (κ1) is 9.41. The van der Waals surface area contributed by atoms with Gasteiger partial charge in [-0.25, -0.2) is 0 Å². The van der Waals surface area contributed by atoms with E-state index < -0.39 is 0 Å². The maximum atomic E-state index is 5.18. The highest BCUT2D eigenvalue weighted by Crippen LogP contribution is 2.33. The van der Waals surface area contributed by atoms with Gasteiger partial charge in [-0.3, -0.25) is 0 Å². The largest absolute Gasteiger partial charge is 0.497 e. The number of hydrogen-bond donors (Lipinski definition) is 0. The molecular weight excluding hydrogens is 192 g/mol. The molecule has 2 aliphatic rings. The summed E-state index contributed by atoms with van der Waals surface area (Å²) in [6.07, 6.45) is 2.10. The van der Waals surface area contributed by atoms with Gasteiger partial charge in [-0.2, -0.15) is 0 Å². The molecule has 0 N–H and O–H groups in total. The molecule has 1 nitrogen and oxygen atoms in total. The van der Waals surface area contributed by atoms with Crippen molar-refractivity contribution in [2.75, 3.05) is 13.4 Å². The van der Waals surface area contributed by atoms with Crippen molar-refractivity contribution in [2.45, 2.75) is 4.90 Å². The van der Waals surface area contributed by atoms with E-state index in [-0.39, 0.29) is 0 Å². The van der Waals surface area contributed by atoms with Crippen molar-refractivity contribution in [3.8, 4) is 16.9 Å². The zero-order chi connectivity index (χ0) is 9.97. The molecule has 0 unspecified atom stereocenters. The Morgan fingerprint density at radius 2 is 1.71 bits per heavy atom. The molecule has 0 radical (unpaired) electrons. The molecule has 14 heavy (non-hydrogen) atoms. The van der Waals surface area contributed by atoms with Gasteiger partial charge < -0.3 is 4.74 Å². The fourth-order valence-corrected chi connectivity index (χ4v) is 2.13. The lowest BCUT2D eigenvalue weighted by atomic mass is 10.2. The Morgan fingerprint density at radius 3 is 2.43 bits per heavy atom. The molecule has 0 aromatic rings. The van der Waals surface area contributed by atoms with Crippen LogP contribution in [0.1, 0.15) is 0 Å². The van der Waals surface area contributed by atoms with Crippen LogP contribution in [0.2, 0.25) is 0 Å². The number of fused-ring (bicyclic) bond motifs is 1. The Kier molecular flexibility index (Phi) is 2.64. The lowest BCUT2D eigenvalue weighted by Crippen LogP contribution is -1.76. The van der Waals surface area contributed by atoms with Crippen LogP contribution in [-0.4, -0.2) is 13.4 Å². The molecule has 72 valence electrons. The van der Waals surface area contributed by atoms with Gasteiger partial charge in [0, 0.05) is 4.90 Å². The zero-order valence-corrected chi connectivity index (χ0v) is 9.10. The van der Waals surface area contributed by atoms with Gasteiger partial charge in [0.05, 0.1) is 7.11 Å². The van der Waals surface area contributed by atoms with Crippen molar-refractivity contribution in [3.63, 3.8) is 0 Å². The van der Waals surface area contributed by atoms with Crippen LogP contribution in [0.5, 0.6) is 5.75 Å². The van der Waals surface area contributed by atoms with Crippen LogP contribution in [0, 0.1) is 0 Å². The average molecular weight is 204 g/mol. The number of methoxy groups -OCH3 is 1. The molecule has 0 aromatic heterocycles. The van der Waals surface area contributed by atoms with Crippen molar-refractivity contribution in [2.24, 2.45) is 0 Å². The summed E-state index contributed by atoms with van der Waals surface area (Å²) in [6.45, 7) is 0. The standard InChI is InChI=1S/C12H12OS/c1-13-10-5-3-9-4-8-12(14-2)11(9)7-6-10/h3-8H,1-2H3. The maximum absolute atomic E-state index is 5.18. The first-order valence-corrected chi connectivity index (χ1v) is 5.68. The summed E-state index contributed by atoms with van der Waals surface area (Å²) in [7, 11) is 1.69. The van der Waals surface area contributed by atoms with Crippen LogP contribution in [-0.2, 0) is 0 Å². The van der Waals surface area contributed by atoms with Crippen molar-refractivity contribution in [1.29, 1.82) is 0 Å². The molecule has 2 rings (SSSR count). The molecule has 2 heteroatoms. The summed E-state index contributed by atoms with van der Waals surface area (Å²) in [5.41, 5.74) is 2.55. The van der Waals surface area contributed by atoms with E-state index >= 15 is 0 Å². The third-order valence-corrected chi connectivity index (χ3v) is 3.08. The Hall–Kier alpha value is -1.15. The zero-order valence-electron chi connectivity index (χ0n) is 8.28. The second-order valence-corrected chi connectivity index (χ2v) is 3.89. The molecule has 0 aliphatic heterocycles. The van der Waals surface area contributed by atoms with E-state index in [1.54, 1.807) is 18.9 Å². The molecule has 0 heterocycles. The Balaban J connectivity index is 2.57. The lowest BCUT2D eigenvalue weighted by Gasteiger charge is -1.95. The van der Waals surface area contributed by atoms with Gasteiger partial charge in [-0.15, -0.1) is 11.8 Å². The smallest absolute Gasteiger partial charge is 0.118 e. The van der Waals surface area contributed by atoms with Crippen LogP contribution >= 0.6 is 11.8 Å². The number of hydrogen-bond acceptors (Lipinski definition) is 2. The van der Waals surface area contributed by atoms with E-state index in [9.17, 15) is 0 Å². The second kappa shape index (κ2) is 3.93. The lowest BCUT2D eigenvalue weighted by molar-refractivity contribution is 0.415. The van der Waals surface area contributed by atoms with E-state index in [0.717, 1.165) is 5.75 Å². The summed E-state index contributed by atoms with van der Waals surface area (Å²) in [6, 6.07) is 12.5. The molecule has 2 aliphatic carbocycles. The van der Waals surface area contributed by atoms with Gasteiger partial charge in [0.15, 0.2) is 0 Å². The van der Waals surface area contributed by atoms with E-state index in [2.05, 4.69) is 30.5 Å². The Bertz CT molecular complexity index is 411. The predicted octanol–water partition coefficient (Wildman–Crippen LogP) is 3.52. The van der Waals surface area contributed by atoms with Crippen molar-refractivity contribution >= 4 is 11.8 Å². The van der Waals surface area contributed by atoms with Gasteiger partial charge in [-0.1, -0.05) is 12.1 Å². The molecule has 0 bridgehead atoms. The summed E-state index contributed by atoms with van der Waals surface area (Å²) in [5, 5.41) is 0. The van der Waals surface area contributed by atoms with Gasteiger partial charge in [-0.05, 0) is 41.6 Å². The first-order valence-electron chi connectivity index (χ1n) is 4.46. The highest BCUT2D eigenvalue weighted by Gasteiger charge is 2.06. The molecule has 0 aromatic carbocycles. The van der Waals surface area contributed by atoms with E-state index in [0.29, 0.717) is 0 Å². The van der Waals surface area contributed by atoms with Crippen LogP contribution < -0.4 is 4.74 Å². The summed E-state index contributed by atoms with van der Waals surface area (Å²) in [5.74, 6) is 0.897. The third-order valence-electron chi connectivity index (χ3n) is 2.29. The molecule has 0 atom stereocenters. The number of thioether (sulfide) groups is 1. The molecule has 0 spiro atoms. The number of rotatable bonds is 2. The highest BCUT2D eigenvalue weighted by atomic mass is 32.2. The number of ether oxygens (including phenoxy) is 1. The highest BCUT2D eigenvalue weighted by molar-refractivity contribution is 7.98. The molecular formula is C12H12OS. The third kappa shape index (κ3) is 1.58. The van der Waals surface area contributed by atoms with Gasteiger partial charge in [0.2, 0.25) is 0 Å². The fourth-order valence-electron chi connectivity index (χ4n) is 1.52. The maximum Gasteiger partial charge on any atom is 0.118 e. The SMILES string of the molecule is COc1ccc2ccc(SC)c-2cc1. The van der Waals surface area contributed by atoms with Crippen molar-refractivity contribution < 1.29 is 4.74 Å². The quantitative estimate of drug-likeness (QED) is 0.692. The minimum Gasteiger partial charge on any atom is -0.497 e. The van der Waals surface area contributed by atoms with Gasteiger partial charge in [0.1, 0.15) is 5.75 Å². The van der Waals surface area contributed by atoms with Crippen LogP contribution in [0.15, 0.2) is 41.3 Å². The van der Waals surface area contributed by atoms with Crippen LogP contribution in [0.3, 0.4) is 0 Å². The minimum absolute atomic E-state index is 0.897. The molecule has 0 saturated heterocycles. The summed E-state index contributed by atoms with van der Waals surface area (Å²) < 4.78 is 5.18. The van der Waals surface area contributed by atoms with E-state index in [1.807, 2.05) is 12.1 Å². The van der Waals surface area contributed by atoms with E-state index in [1.165, 1.54) is 16.0 Å².